The van der Waals surface area contributed by atoms with Crippen molar-refractivity contribution in [3.8, 4) is 11.8 Å². The third-order valence-corrected chi connectivity index (χ3v) is 9.66. The molecule has 0 amide bonds. The largest absolute Gasteiger partial charge is 0.472 e. The first-order valence-electron chi connectivity index (χ1n) is 14.2. The van der Waals surface area contributed by atoms with Gasteiger partial charge in [-0.2, -0.15) is 0 Å². The van der Waals surface area contributed by atoms with Crippen LogP contribution in [0.4, 0.5) is 13.9 Å². The van der Waals surface area contributed by atoms with Crippen molar-refractivity contribution in [2.24, 2.45) is 5.73 Å². The van der Waals surface area contributed by atoms with Crippen LogP contribution in [-0.2, 0) is 0 Å². The topological polar surface area (TPSA) is 134 Å². The van der Waals surface area contributed by atoms with E-state index in [1.807, 2.05) is 0 Å². The molecular weight excluding hydrogens is 748 g/mol. The molecule has 0 bridgehead atoms. The van der Waals surface area contributed by atoms with Gasteiger partial charge in [-0.05, 0) is 37.1 Å². The predicted octanol–water partition coefficient (Wildman–Crippen LogP) is 8.41. The summed E-state index contributed by atoms with van der Waals surface area (Å²) in [6.07, 6.45) is 9.78. The minimum atomic E-state index is -0.278. The SMILES string of the molecule is Cl.Fc1ccc2sc(Cl)nc2c1.Fc1ccc2sc(NC3CC(Oc4nccnc4Cl)C3)nc2c1.NC1CC(Oc2nccnc2Cl)C1. The molecule has 3 N–H and O–H groups in total. The zero-order valence-electron chi connectivity index (χ0n) is 24.6. The highest BCUT2D eigenvalue weighted by Gasteiger charge is 2.32. The third kappa shape index (κ3) is 9.47. The first-order valence-corrected chi connectivity index (χ1v) is 17.0. The van der Waals surface area contributed by atoms with Crippen LogP contribution >= 0.6 is 69.9 Å². The van der Waals surface area contributed by atoms with Crippen LogP contribution in [0.25, 0.3) is 20.4 Å². The first kappa shape index (κ1) is 36.1. The Labute approximate surface area is 302 Å². The number of nitrogens with two attached hydrogens (primary N) is 1. The molecule has 2 aliphatic rings. The van der Waals surface area contributed by atoms with Gasteiger partial charge in [0.2, 0.25) is 0 Å². The Morgan fingerprint density at radius 2 is 1.21 bits per heavy atom. The van der Waals surface area contributed by atoms with Crippen LogP contribution in [0, 0.1) is 11.6 Å². The Bertz CT molecular complexity index is 1980. The number of hydrogen-bond donors (Lipinski definition) is 2. The highest BCUT2D eigenvalue weighted by Crippen LogP contribution is 2.33. The average Bonchev–Trinajstić information content (AvgIpc) is 3.59. The van der Waals surface area contributed by atoms with Crippen molar-refractivity contribution >= 4 is 95.4 Å². The number of halogens is 6. The summed E-state index contributed by atoms with van der Waals surface area (Å²) in [5, 5.41) is 4.73. The fourth-order valence-electron chi connectivity index (χ4n) is 4.58. The molecule has 8 rings (SSSR count). The van der Waals surface area contributed by atoms with Gasteiger partial charge in [-0.1, -0.05) is 46.1 Å². The van der Waals surface area contributed by atoms with E-state index in [2.05, 4.69) is 35.2 Å². The summed E-state index contributed by atoms with van der Waals surface area (Å²) in [4.78, 5) is 24.1. The van der Waals surface area contributed by atoms with Gasteiger partial charge in [0.1, 0.15) is 23.8 Å². The van der Waals surface area contributed by atoms with E-state index in [-0.39, 0.29) is 53.5 Å². The monoisotopic (exact) mass is 772 g/mol. The van der Waals surface area contributed by atoms with Crippen molar-refractivity contribution < 1.29 is 18.3 Å². The first-order chi connectivity index (χ1) is 22.7. The molecule has 18 heteroatoms. The number of aromatic nitrogens is 6. The number of ether oxygens (including phenoxy) is 2. The Morgan fingerprint density at radius 1 is 0.708 bits per heavy atom. The van der Waals surface area contributed by atoms with E-state index >= 15 is 0 Å². The highest BCUT2D eigenvalue weighted by molar-refractivity contribution is 7.22. The van der Waals surface area contributed by atoms with Gasteiger partial charge >= 0.3 is 0 Å². The van der Waals surface area contributed by atoms with E-state index < -0.39 is 0 Å². The summed E-state index contributed by atoms with van der Waals surface area (Å²) >= 11 is 20.2. The van der Waals surface area contributed by atoms with E-state index in [1.54, 1.807) is 24.5 Å². The van der Waals surface area contributed by atoms with Gasteiger partial charge in [0.25, 0.3) is 11.8 Å². The van der Waals surface area contributed by atoms with Crippen molar-refractivity contribution in [1.82, 2.24) is 29.9 Å². The lowest BCUT2D eigenvalue weighted by Gasteiger charge is -2.35. The number of fused-ring (bicyclic) bond motifs is 2. The molecule has 6 aromatic rings. The van der Waals surface area contributed by atoms with Crippen LogP contribution in [0.2, 0.25) is 14.8 Å². The number of nitrogens with one attached hydrogen (secondary N) is 1. The lowest BCUT2D eigenvalue weighted by molar-refractivity contribution is 0.0955. The summed E-state index contributed by atoms with van der Waals surface area (Å²) in [7, 11) is 0. The van der Waals surface area contributed by atoms with Gasteiger partial charge in [-0.15, -0.1) is 23.7 Å². The Morgan fingerprint density at radius 3 is 1.75 bits per heavy atom. The molecule has 0 radical (unpaired) electrons. The summed E-state index contributed by atoms with van der Waals surface area (Å²) in [5.41, 5.74) is 6.91. The lowest BCUT2D eigenvalue weighted by atomic mass is 9.89. The van der Waals surface area contributed by atoms with Gasteiger partial charge < -0.3 is 20.5 Å². The number of benzene rings is 2. The maximum absolute atomic E-state index is 13.2. The Kier molecular flexibility index (Phi) is 12.3. The maximum atomic E-state index is 13.2. The Hall–Kier alpha value is -3.24. The van der Waals surface area contributed by atoms with E-state index in [1.165, 1.54) is 59.3 Å². The molecular formula is C30H26Cl4F2N8O2S2. The molecule has 0 saturated heterocycles. The Balaban J connectivity index is 0.000000153. The number of thiazole rings is 2. The molecule has 4 heterocycles. The van der Waals surface area contributed by atoms with Gasteiger partial charge in [0, 0.05) is 61.8 Å². The summed E-state index contributed by atoms with van der Waals surface area (Å²) in [5.74, 6) is 0.223. The fourth-order valence-corrected chi connectivity index (χ4v) is 6.82. The minimum Gasteiger partial charge on any atom is -0.472 e. The molecule has 4 aromatic heterocycles. The zero-order chi connectivity index (χ0) is 32.9. The number of anilines is 1. The van der Waals surface area contributed by atoms with Crippen LogP contribution in [0.5, 0.6) is 11.8 Å². The molecule has 2 saturated carbocycles. The van der Waals surface area contributed by atoms with Crippen molar-refractivity contribution in [3.63, 3.8) is 0 Å². The second kappa shape index (κ2) is 16.4. The summed E-state index contributed by atoms with van der Waals surface area (Å²) < 4.78 is 39.3. The number of nitrogens with zero attached hydrogens (tertiary/aromatic N) is 6. The molecule has 2 aromatic carbocycles. The average molecular weight is 775 g/mol. The van der Waals surface area contributed by atoms with E-state index in [4.69, 9.17) is 50.0 Å². The van der Waals surface area contributed by atoms with Gasteiger partial charge in [-0.3, -0.25) is 0 Å². The van der Waals surface area contributed by atoms with Crippen molar-refractivity contribution in [3.05, 3.63) is 87.6 Å². The quantitative estimate of drug-likeness (QED) is 0.170. The second-order valence-corrected chi connectivity index (χ2v) is 13.9. The number of hydrogen-bond acceptors (Lipinski definition) is 12. The molecule has 48 heavy (non-hydrogen) atoms. The second-order valence-electron chi connectivity index (χ2n) is 10.5. The maximum Gasteiger partial charge on any atom is 0.252 e. The third-order valence-electron chi connectivity index (χ3n) is 7.03. The van der Waals surface area contributed by atoms with Crippen molar-refractivity contribution in [2.75, 3.05) is 5.32 Å². The van der Waals surface area contributed by atoms with Crippen LogP contribution in [0.15, 0.2) is 61.2 Å². The van der Waals surface area contributed by atoms with E-state index in [9.17, 15) is 8.78 Å². The molecule has 0 aliphatic heterocycles. The van der Waals surface area contributed by atoms with E-state index in [0.717, 1.165) is 40.2 Å². The van der Waals surface area contributed by atoms with Crippen molar-refractivity contribution in [2.45, 2.75) is 50.0 Å². The molecule has 0 spiro atoms. The molecule has 10 nitrogen and oxygen atoms in total. The smallest absolute Gasteiger partial charge is 0.252 e. The molecule has 0 atom stereocenters. The van der Waals surface area contributed by atoms with Crippen molar-refractivity contribution in [1.29, 1.82) is 0 Å². The predicted molar refractivity (Wildman–Crippen MR) is 188 cm³/mol. The van der Waals surface area contributed by atoms with Gasteiger partial charge in [-0.25, -0.2) is 38.7 Å². The number of rotatable bonds is 6. The molecule has 252 valence electrons. The fraction of sp³-hybridized carbons (Fsp3) is 0.267. The van der Waals surface area contributed by atoms with E-state index in [0.29, 0.717) is 32.4 Å². The molecule has 2 fully saturated rings. The zero-order valence-corrected chi connectivity index (χ0v) is 29.3. The van der Waals surface area contributed by atoms with Crippen LogP contribution in [0.3, 0.4) is 0 Å². The molecule has 0 unspecified atom stereocenters. The molecule has 2 aliphatic carbocycles. The van der Waals surface area contributed by atoms with Gasteiger partial charge in [0.15, 0.2) is 19.9 Å². The highest BCUT2D eigenvalue weighted by atomic mass is 35.5. The van der Waals surface area contributed by atoms with Gasteiger partial charge in [0.05, 0.1) is 20.4 Å². The standard InChI is InChI=1S/C15H12ClFN4OS.C8H10ClN3O.C7H3ClFNS.ClH/c16-13-14(19-4-3-18-13)22-10-6-9(7-10)20-15-21-11-5-8(17)1-2-12(11)23-15;9-7-8(12-2-1-11-7)13-6-3-5(10)4-6;8-7-10-5-3-4(9)1-2-6(5)11-7;/h1-5,9-10H,6-7H2,(H,20,21);1-2,5-6H,3-4,10H2;1-3H;1H. The van der Waals surface area contributed by atoms with Crippen LogP contribution in [-0.4, -0.2) is 54.2 Å². The normalized spacial score (nSPS) is 19.4. The summed E-state index contributed by atoms with van der Waals surface area (Å²) in [6, 6.07) is 9.63. The summed E-state index contributed by atoms with van der Waals surface area (Å²) in [6.45, 7) is 0. The van der Waals surface area contributed by atoms with Crippen LogP contribution < -0.4 is 20.5 Å². The van der Waals surface area contributed by atoms with Crippen LogP contribution in [0.1, 0.15) is 25.7 Å². The minimum absolute atomic E-state index is 0. The lowest BCUT2D eigenvalue weighted by Crippen LogP contribution is -2.43.